The molecule has 1 aliphatic rings. The highest BCUT2D eigenvalue weighted by Crippen LogP contribution is 2.42. The summed E-state index contributed by atoms with van der Waals surface area (Å²) in [6.45, 7) is 22.3. The fraction of sp³-hybridized carbons (Fsp3) is 0.667. The van der Waals surface area contributed by atoms with Crippen molar-refractivity contribution < 1.29 is 33.0 Å². The zero-order valence-electron chi connectivity index (χ0n) is 29.5. The molecule has 1 saturated heterocycles. The number of Topliss-reactive ketones (excluding diaryl/α,β-unsaturated/α-hetero) is 1. The van der Waals surface area contributed by atoms with Crippen LogP contribution in [-0.4, -0.2) is 64.9 Å². The first-order valence-electron chi connectivity index (χ1n) is 16.5. The van der Waals surface area contributed by atoms with Crippen LogP contribution in [0.3, 0.4) is 0 Å². The summed E-state index contributed by atoms with van der Waals surface area (Å²) in [7, 11) is -0.435. The van der Waals surface area contributed by atoms with E-state index in [2.05, 4.69) is 89.1 Å². The van der Waals surface area contributed by atoms with E-state index < -0.39 is 14.4 Å². The van der Waals surface area contributed by atoms with Gasteiger partial charge in [-0.25, -0.2) is 4.79 Å². The number of hydrogen-bond donors (Lipinski definition) is 1. The molecule has 1 heterocycles. The maximum atomic E-state index is 13.5. The van der Waals surface area contributed by atoms with Gasteiger partial charge in [-0.1, -0.05) is 88.9 Å². The number of nitrogens with one attached hydrogen (secondary N) is 1. The summed E-state index contributed by atoms with van der Waals surface area (Å²) in [5.74, 6) is 1.22. The zero-order chi connectivity index (χ0) is 34.5. The van der Waals surface area contributed by atoms with Crippen LogP contribution in [-0.2, 0) is 30.0 Å². The molecule has 46 heavy (non-hydrogen) atoms. The topological polar surface area (TPSA) is 92.3 Å². The van der Waals surface area contributed by atoms with Gasteiger partial charge in [-0.15, -0.1) is 0 Å². The second-order valence-corrected chi connectivity index (χ2v) is 19.7. The first kappa shape index (κ1) is 40.4. The Balaban J connectivity index is 2.04. The van der Waals surface area contributed by atoms with Crippen molar-refractivity contribution in [3.8, 4) is 5.75 Å². The highest BCUT2D eigenvalue weighted by Gasteiger charge is 2.47. The normalized spacial score (nSPS) is 21.4. The molecule has 0 bridgehead atoms. The van der Waals surface area contributed by atoms with Gasteiger partial charge in [0, 0.05) is 25.8 Å². The van der Waals surface area contributed by atoms with E-state index >= 15 is 0 Å². The molecule has 0 aliphatic carbocycles. The monoisotopic (exact) mass is 771 g/mol. The number of carbonyl (C=O) groups excluding carboxylic acids is 2. The van der Waals surface area contributed by atoms with Crippen molar-refractivity contribution in [2.45, 2.75) is 116 Å². The Morgan fingerprint density at radius 3 is 2.39 bits per heavy atom. The van der Waals surface area contributed by atoms with Crippen molar-refractivity contribution in [1.29, 1.82) is 0 Å². The molecule has 7 atom stereocenters. The number of benzene rings is 1. The largest absolute Gasteiger partial charge is 0.497 e. The lowest BCUT2D eigenvalue weighted by atomic mass is 9.89. The zero-order valence-corrected chi connectivity index (χ0v) is 32.6. The highest BCUT2D eigenvalue weighted by molar-refractivity contribution is 14.1. The second kappa shape index (κ2) is 19.3. The van der Waals surface area contributed by atoms with Crippen LogP contribution in [0.15, 0.2) is 47.1 Å². The first-order valence-corrected chi connectivity index (χ1v) is 20.6. The molecule has 10 heteroatoms. The summed E-state index contributed by atoms with van der Waals surface area (Å²) in [5, 5.41) is 2.86. The minimum absolute atomic E-state index is 0.00235. The van der Waals surface area contributed by atoms with Crippen LogP contribution in [0.5, 0.6) is 5.75 Å². The summed E-state index contributed by atoms with van der Waals surface area (Å²) in [6.07, 6.45) is 5.03. The van der Waals surface area contributed by atoms with Gasteiger partial charge in [0.1, 0.15) is 18.1 Å². The molecule has 0 unspecified atom stereocenters. The number of methoxy groups -OCH3 is 1. The predicted molar refractivity (Wildman–Crippen MR) is 196 cm³/mol. The van der Waals surface area contributed by atoms with Gasteiger partial charge in [0.05, 0.1) is 38.1 Å². The Hall–Kier alpha value is -1.73. The second-order valence-electron chi connectivity index (χ2n) is 14.2. The maximum Gasteiger partial charge on any atom is 0.407 e. The average molecular weight is 772 g/mol. The van der Waals surface area contributed by atoms with Crippen molar-refractivity contribution >= 4 is 42.8 Å². The molecule has 1 aromatic rings. The van der Waals surface area contributed by atoms with E-state index in [9.17, 15) is 9.59 Å². The minimum atomic E-state index is -2.09. The van der Waals surface area contributed by atoms with E-state index in [-0.39, 0.29) is 59.6 Å². The molecular formula is C36H58INO7Si. The number of hydrogen-bond acceptors (Lipinski definition) is 7. The Labute approximate surface area is 292 Å². The number of ketones is 1. The number of rotatable bonds is 19. The fourth-order valence-electron chi connectivity index (χ4n) is 5.45. The van der Waals surface area contributed by atoms with Crippen LogP contribution in [0.1, 0.15) is 72.8 Å². The van der Waals surface area contributed by atoms with Gasteiger partial charge in [-0.05, 0) is 70.2 Å². The van der Waals surface area contributed by atoms with E-state index in [4.69, 9.17) is 23.4 Å². The third kappa shape index (κ3) is 13.1. The van der Waals surface area contributed by atoms with Crippen LogP contribution in [0.4, 0.5) is 4.79 Å². The third-order valence-corrected chi connectivity index (χ3v) is 14.3. The maximum absolute atomic E-state index is 13.5. The van der Waals surface area contributed by atoms with Crippen molar-refractivity contribution in [1.82, 2.24) is 5.32 Å². The lowest BCUT2D eigenvalue weighted by Gasteiger charge is -2.40. The highest BCUT2D eigenvalue weighted by atomic mass is 127. The molecule has 1 N–H and O–H groups in total. The SMILES string of the molecule is C=CCOC(=O)NCC[C@H](C)[C@@H]1C[C@H](O[Si](C)(C)C(C)(C)C)[C@H]([C@@H](C)CC(=O)C[C@H](C)[C@@H](/C=C/I)OCc2ccc(OC)cc2)O1. The van der Waals surface area contributed by atoms with Crippen molar-refractivity contribution in [3.63, 3.8) is 0 Å². The van der Waals surface area contributed by atoms with Gasteiger partial charge < -0.3 is 28.7 Å². The molecule has 1 aliphatic heterocycles. The van der Waals surface area contributed by atoms with Crippen molar-refractivity contribution in [2.75, 3.05) is 20.3 Å². The molecule has 0 radical (unpaired) electrons. The lowest BCUT2D eigenvalue weighted by molar-refractivity contribution is -0.123. The summed E-state index contributed by atoms with van der Waals surface area (Å²) in [6, 6.07) is 7.84. The summed E-state index contributed by atoms with van der Waals surface area (Å²) in [5.41, 5.74) is 1.05. The third-order valence-electron chi connectivity index (χ3n) is 9.34. The summed E-state index contributed by atoms with van der Waals surface area (Å²) in [4.78, 5) is 25.3. The Bertz CT molecular complexity index is 1120. The van der Waals surface area contributed by atoms with Gasteiger partial charge in [0.2, 0.25) is 0 Å². The van der Waals surface area contributed by atoms with Gasteiger partial charge in [-0.2, -0.15) is 0 Å². The van der Waals surface area contributed by atoms with E-state index in [0.29, 0.717) is 26.0 Å². The molecule has 1 amide bonds. The molecule has 260 valence electrons. The van der Waals surface area contributed by atoms with Crippen LogP contribution in [0.25, 0.3) is 0 Å². The number of alkyl carbamates (subject to hydrolysis) is 1. The van der Waals surface area contributed by atoms with Crippen LogP contribution in [0, 0.1) is 17.8 Å². The van der Waals surface area contributed by atoms with E-state index in [1.807, 2.05) is 34.4 Å². The van der Waals surface area contributed by atoms with Crippen molar-refractivity contribution in [3.05, 3.63) is 52.6 Å². The van der Waals surface area contributed by atoms with Crippen LogP contribution < -0.4 is 10.1 Å². The van der Waals surface area contributed by atoms with E-state index in [1.165, 1.54) is 0 Å². The van der Waals surface area contributed by atoms with Gasteiger partial charge in [0.15, 0.2) is 8.32 Å². The van der Waals surface area contributed by atoms with Gasteiger partial charge >= 0.3 is 6.09 Å². The number of carbonyl (C=O) groups is 2. The molecular weight excluding hydrogens is 713 g/mol. The van der Waals surface area contributed by atoms with Gasteiger partial charge in [-0.3, -0.25) is 4.79 Å². The number of halogens is 1. The molecule has 1 fully saturated rings. The molecule has 2 rings (SSSR count). The van der Waals surface area contributed by atoms with Crippen LogP contribution in [0.2, 0.25) is 18.1 Å². The average Bonchev–Trinajstić information content (AvgIpc) is 3.41. The fourth-order valence-corrected chi connectivity index (χ4v) is 7.20. The number of amides is 1. The first-order chi connectivity index (χ1) is 21.6. The molecule has 0 saturated carbocycles. The van der Waals surface area contributed by atoms with E-state index in [1.54, 1.807) is 13.2 Å². The lowest BCUT2D eigenvalue weighted by Crippen LogP contribution is -2.47. The standard InChI is InChI=1S/C36H58INO7Si/c1-11-20-42-35(40)38-19-17-25(2)32-23-33(45-46(9,10)36(5,6)7)34(44-32)27(4)22-29(39)21-26(3)31(16-18-37)43-24-28-12-14-30(41-8)15-13-28/h11-16,18,25-27,31-34H,1,17,19-24H2,2-10H3,(H,38,40)/b18-16+/t25-,26-,27-,31+,32-,33-,34-/m0/s1. The number of ether oxygens (including phenoxy) is 4. The Morgan fingerprint density at radius 2 is 1.80 bits per heavy atom. The van der Waals surface area contributed by atoms with Gasteiger partial charge in [0.25, 0.3) is 0 Å². The molecule has 8 nitrogen and oxygen atoms in total. The Kier molecular flexibility index (Phi) is 17.0. The molecule has 0 spiro atoms. The summed E-state index contributed by atoms with van der Waals surface area (Å²) >= 11 is 2.20. The van der Waals surface area contributed by atoms with Crippen LogP contribution >= 0.6 is 22.6 Å². The van der Waals surface area contributed by atoms with E-state index in [0.717, 1.165) is 24.2 Å². The quantitative estimate of drug-likeness (QED) is 0.0856. The Morgan fingerprint density at radius 1 is 1.13 bits per heavy atom. The van der Waals surface area contributed by atoms with Crippen molar-refractivity contribution in [2.24, 2.45) is 17.8 Å². The minimum Gasteiger partial charge on any atom is -0.497 e. The molecule has 1 aromatic carbocycles. The summed E-state index contributed by atoms with van der Waals surface area (Å²) < 4.78 is 32.2. The molecule has 0 aromatic heterocycles. The smallest absolute Gasteiger partial charge is 0.407 e. The predicted octanol–water partition coefficient (Wildman–Crippen LogP) is 8.64.